The monoisotopic (exact) mass is 376 g/mol. The Morgan fingerprint density at radius 1 is 1.18 bits per heavy atom. The van der Waals surface area contributed by atoms with Crippen LogP contribution in [0, 0.1) is 13.8 Å². The van der Waals surface area contributed by atoms with Crippen LogP contribution in [-0.4, -0.2) is 30.8 Å². The lowest BCUT2D eigenvalue weighted by Gasteiger charge is -2.08. The third-order valence-electron chi connectivity index (χ3n) is 3.96. The van der Waals surface area contributed by atoms with Gasteiger partial charge in [-0.3, -0.25) is 4.79 Å². The first-order valence-electron chi connectivity index (χ1n) is 8.44. The number of ether oxygens (including phenoxy) is 1. The molecule has 9 nitrogen and oxygen atoms in total. The zero-order valence-corrected chi connectivity index (χ0v) is 15.2. The van der Waals surface area contributed by atoms with Crippen molar-refractivity contribution in [1.29, 1.82) is 0 Å². The average Bonchev–Trinajstić information content (AvgIpc) is 3.34. The summed E-state index contributed by atoms with van der Waals surface area (Å²) in [6, 6.07) is 10.4. The van der Waals surface area contributed by atoms with Crippen molar-refractivity contribution in [1.82, 2.24) is 24.9 Å². The van der Waals surface area contributed by atoms with Crippen molar-refractivity contribution >= 4 is 11.6 Å². The van der Waals surface area contributed by atoms with Crippen molar-refractivity contribution in [3.05, 3.63) is 72.1 Å². The maximum atomic E-state index is 12.4. The number of aromatic nitrogens is 5. The molecule has 9 heteroatoms. The molecule has 3 heterocycles. The van der Waals surface area contributed by atoms with E-state index >= 15 is 0 Å². The van der Waals surface area contributed by atoms with Crippen LogP contribution in [0.1, 0.15) is 21.8 Å². The predicted octanol–water partition coefficient (Wildman–Crippen LogP) is 3.31. The summed E-state index contributed by atoms with van der Waals surface area (Å²) < 4.78 is 12.4. The third kappa shape index (κ3) is 3.58. The van der Waals surface area contributed by atoms with Crippen LogP contribution in [0.15, 0.2) is 59.6 Å². The highest BCUT2D eigenvalue weighted by atomic mass is 16.5. The largest absolute Gasteiger partial charge is 0.439 e. The summed E-state index contributed by atoms with van der Waals surface area (Å²) in [7, 11) is 0. The van der Waals surface area contributed by atoms with Crippen molar-refractivity contribution in [2.24, 2.45) is 0 Å². The van der Waals surface area contributed by atoms with Gasteiger partial charge in [-0.05, 0) is 44.2 Å². The molecule has 0 unspecified atom stereocenters. The van der Waals surface area contributed by atoms with Crippen LogP contribution >= 0.6 is 0 Å². The summed E-state index contributed by atoms with van der Waals surface area (Å²) in [6.45, 7) is 3.42. The van der Waals surface area contributed by atoms with E-state index in [9.17, 15) is 4.79 Å². The first-order chi connectivity index (χ1) is 13.6. The van der Waals surface area contributed by atoms with E-state index < -0.39 is 0 Å². The Hall–Kier alpha value is -4.01. The van der Waals surface area contributed by atoms with E-state index in [2.05, 4.69) is 25.5 Å². The number of nitrogens with zero attached hydrogens (tertiary/aromatic N) is 5. The van der Waals surface area contributed by atoms with Crippen molar-refractivity contribution < 1.29 is 14.1 Å². The van der Waals surface area contributed by atoms with E-state index in [1.54, 1.807) is 67.3 Å². The van der Waals surface area contributed by atoms with Gasteiger partial charge in [-0.25, -0.2) is 14.6 Å². The van der Waals surface area contributed by atoms with Crippen LogP contribution in [-0.2, 0) is 0 Å². The first kappa shape index (κ1) is 17.4. The van der Waals surface area contributed by atoms with Crippen LogP contribution in [0.3, 0.4) is 0 Å². The molecule has 0 radical (unpaired) electrons. The van der Waals surface area contributed by atoms with E-state index in [1.165, 1.54) is 6.33 Å². The Morgan fingerprint density at radius 3 is 2.68 bits per heavy atom. The quantitative estimate of drug-likeness (QED) is 0.569. The van der Waals surface area contributed by atoms with Gasteiger partial charge in [-0.2, -0.15) is 5.10 Å². The number of hydrogen-bond donors (Lipinski definition) is 1. The molecule has 0 aliphatic carbocycles. The molecular weight excluding hydrogens is 360 g/mol. The summed E-state index contributed by atoms with van der Waals surface area (Å²) in [5, 5.41) is 10.7. The smallest absolute Gasteiger partial charge is 0.261 e. The minimum Gasteiger partial charge on any atom is -0.439 e. The fourth-order valence-corrected chi connectivity index (χ4v) is 2.64. The minimum absolute atomic E-state index is 0.274. The maximum Gasteiger partial charge on any atom is 0.261 e. The number of hydrogen-bond acceptors (Lipinski definition) is 7. The molecule has 1 N–H and O–H groups in total. The lowest BCUT2D eigenvalue weighted by atomic mass is 10.2. The van der Waals surface area contributed by atoms with Crippen molar-refractivity contribution in [3.8, 4) is 17.4 Å². The van der Waals surface area contributed by atoms with E-state index in [-0.39, 0.29) is 5.91 Å². The van der Waals surface area contributed by atoms with Gasteiger partial charge >= 0.3 is 0 Å². The first-order valence-corrected chi connectivity index (χ1v) is 8.44. The van der Waals surface area contributed by atoms with Gasteiger partial charge in [-0.1, -0.05) is 5.16 Å². The van der Waals surface area contributed by atoms with Gasteiger partial charge < -0.3 is 14.6 Å². The number of carbonyl (C=O) groups is 1. The predicted molar refractivity (Wildman–Crippen MR) is 99.6 cm³/mol. The highest BCUT2D eigenvalue weighted by Crippen LogP contribution is 2.23. The second-order valence-corrected chi connectivity index (χ2v) is 5.94. The fraction of sp³-hybridized carbons (Fsp3) is 0.105. The number of carbonyl (C=O) groups excluding carboxylic acids is 1. The topological polar surface area (TPSA) is 108 Å². The zero-order valence-electron chi connectivity index (χ0n) is 15.2. The summed E-state index contributed by atoms with van der Waals surface area (Å²) in [6.07, 6.45) is 4.85. The molecule has 0 bridgehead atoms. The molecule has 1 amide bonds. The minimum atomic E-state index is -0.274. The van der Waals surface area contributed by atoms with Crippen LogP contribution < -0.4 is 10.1 Å². The molecule has 0 saturated heterocycles. The van der Waals surface area contributed by atoms with E-state index in [0.29, 0.717) is 40.2 Å². The number of aryl methyl sites for hydroxylation is 2. The highest BCUT2D eigenvalue weighted by molar-refractivity contribution is 6.05. The van der Waals surface area contributed by atoms with E-state index in [1.807, 2.05) is 0 Å². The van der Waals surface area contributed by atoms with Gasteiger partial charge in [0.05, 0.1) is 5.69 Å². The van der Waals surface area contributed by atoms with Crippen molar-refractivity contribution in [3.63, 3.8) is 0 Å². The van der Waals surface area contributed by atoms with Crippen LogP contribution in [0.2, 0.25) is 0 Å². The molecule has 0 atom stereocenters. The fourth-order valence-electron chi connectivity index (χ4n) is 2.64. The molecule has 28 heavy (non-hydrogen) atoms. The Morgan fingerprint density at radius 2 is 2.00 bits per heavy atom. The van der Waals surface area contributed by atoms with Gasteiger partial charge in [0.25, 0.3) is 5.91 Å². The molecule has 0 aliphatic rings. The summed E-state index contributed by atoms with van der Waals surface area (Å²) >= 11 is 0. The number of benzene rings is 1. The van der Waals surface area contributed by atoms with Gasteiger partial charge in [0.15, 0.2) is 5.82 Å². The van der Waals surface area contributed by atoms with Crippen molar-refractivity contribution in [2.45, 2.75) is 13.8 Å². The molecule has 0 aliphatic heterocycles. The van der Waals surface area contributed by atoms with Crippen LogP contribution in [0.5, 0.6) is 11.6 Å². The summed E-state index contributed by atoms with van der Waals surface area (Å²) in [5.41, 5.74) is 1.61. The standard InChI is InChI=1S/C19H16N6O3/c1-12-18(13(2)28-24-12)19(26)23-14-4-6-15(7-5-14)27-17-10-16(20-11-21-17)25-9-3-8-22-25/h3-11H,1-2H3,(H,23,26). The Kier molecular flexibility index (Phi) is 4.55. The van der Waals surface area contributed by atoms with Crippen LogP contribution in [0.4, 0.5) is 5.69 Å². The van der Waals surface area contributed by atoms with Gasteiger partial charge in [0.2, 0.25) is 5.88 Å². The van der Waals surface area contributed by atoms with E-state index in [0.717, 1.165) is 0 Å². The Bertz CT molecular complexity index is 1080. The maximum absolute atomic E-state index is 12.4. The molecule has 3 aromatic heterocycles. The molecule has 0 fully saturated rings. The molecule has 4 aromatic rings. The van der Waals surface area contributed by atoms with Crippen molar-refractivity contribution in [2.75, 3.05) is 5.32 Å². The molecule has 0 saturated carbocycles. The summed E-state index contributed by atoms with van der Waals surface area (Å²) in [5.74, 6) is 1.75. The zero-order chi connectivity index (χ0) is 19.5. The highest BCUT2D eigenvalue weighted by Gasteiger charge is 2.17. The SMILES string of the molecule is Cc1noc(C)c1C(=O)Nc1ccc(Oc2cc(-n3cccn3)ncn2)cc1. The number of nitrogens with one attached hydrogen (secondary N) is 1. The van der Waals surface area contributed by atoms with Gasteiger partial charge in [0, 0.05) is 24.1 Å². The number of anilines is 1. The number of rotatable bonds is 5. The Labute approximate surface area is 160 Å². The van der Waals surface area contributed by atoms with Gasteiger partial charge in [0.1, 0.15) is 23.4 Å². The molecule has 0 spiro atoms. The lowest BCUT2D eigenvalue weighted by Crippen LogP contribution is -2.13. The second kappa shape index (κ2) is 7.31. The molecule has 1 aromatic carbocycles. The van der Waals surface area contributed by atoms with Crippen LogP contribution in [0.25, 0.3) is 5.82 Å². The molecular formula is C19H16N6O3. The normalized spacial score (nSPS) is 10.6. The van der Waals surface area contributed by atoms with E-state index in [4.69, 9.17) is 9.26 Å². The molecule has 140 valence electrons. The average molecular weight is 376 g/mol. The second-order valence-electron chi connectivity index (χ2n) is 5.94. The summed E-state index contributed by atoms with van der Waals surface area (Å²) in [4.78, 5) is 20.6. The Balaban J connectivity index is 1.45. The lowest BCUT2D eigenvalue weighted by molar-refractivity contribution is 0.102. The number of amides is 1. The van der Waals surface area contributed by atoms with Gasteiger partial charge in [-0.15, -0.1) is 0 Å². The third-order valence-corrected chi connectivity index (χ3v) is 3.96. The molecule has 4 rings (SSSR count).